The first-order valence-corrected chi connectivity index (χ1v) is 37.8. The quantitative estimate of drug-likeness (QED) is 0.0119. The van der Waals surface area contributed by atoms with Gasteiger partial charge in [-0.2, -0.15) is 8.61 Å². The summed E-state index contributed by atoms with van der Waals surface area (Å²) in [6, 6.07) is 57.1. The number of nitrogens with zero attached hydrogens (tertiary/aromatic N) is 3. The van der Waals surface area contributed by atoms with Crippen LogP contribution in [0.5, 0.6) is 0 Å². The Bertz CT molecular complexity index is 3950. The predicted octanol–water partition coefficient (Wildman–Crippen LogP) is 4.58. The van der Waals surface area contributed by atoms with Crippen LogP contribution in [0.25, 0.3) is 0 Å². The molecule has 9 rings (SSSR count). The van der Waals surface area contributed by atoms with Gasteiger partial charge < -0.3 is 58.0 Å². The van der Waals surface area contributed by atoms with E-state index in [1.54, 1.807) is 32.9 Å². The Morgan fingerprint density at radius 1 is 0.505 bits per heavy atom. The van der Waals surface area contributed by atoms with Crippen LogP contribution in [0.1, 0.15) is 97.5 Å². The molecule has 2 aliphatic rings. The third-order valence-corrected chi connectivity index (χ3v) is 22.3. The number of sulfonamides is 2. The van der Waals surface area contributed by atoms with Gasteiger partial charge in [0, 0.05) is 104 Å². The third kappa shape index (κ3) is 24.4. The first kappa shape index (κ1) is 85.7. The monoisotopic (exact) mass is 1470 g/mol. The second-order valence-electron chi connectivity index (χ2n) is 26.4. The number of aliphatic hydroxyl groups is 1. The van der Waals surface area contributed by atoms with Crippen LogP contribution in [0, 0.1) is 11.8 Å². The number of carbonyl (C=O) groups excluding carboxylic acids is 5. The molecule has 557 valence electrons. The van der Waals surface area contributed by atoms with E-state index in [0.717, 1.165) is 27.8 Å². The maximum Gasteiger partial charge on any atom is 1.00 e. The average molecular weight is 1470 g/mol. The first-order valence-electron chi connectivity index (χ1n) is 35.0. The summed E-state index contributed by atoms with van der Waals surface area (Å²) >= 11 is 0. The number of carbonyl (C=O) groups is 5. The Morgan fingerprint density at radius 3 is 1.29 bits per heavy atom. The predicted molar refractivity (Wildman–Crippen MR) is 404 cm³/mol. The van der Waals surface area contributed by atoms with E-state index in [1.165, 1.54) is 45.6 Å². The molecule has 0 spiro atoms. The van der Waals surface area contributed by atoms with E-state index in [-0.39, 0.29) is 99.6 Å². The van der Waals surface area contributed by atoms with Crippen LogP contribution >= 0.6 is 0 Å². The first-order chi connectivity index (χ1) is 49.7. The number of hydrogen-bond donors (Lipinski definition) is 8. The molecule has 8 N–H and O–H groups in total. The van der Waals surface area contributed by atoms with E-state index in [4.69, 9.17) is 14.2 Å². The van der Waals surface area contributed by atoms with Gasteiger partial charge in [-0.3, -0.25) is 14.5 Å². The molecule has 3 radical (unpaired) electrons. The molecular weight excluding hydrogens is 1370 g/mol. The Kier molecular flexibility index (Phi) is 34.9. The fraction of sp³-hybridized carbons (Fsp3) is 0.397. The number of hydrogen-bond acceptors (Lipinski definition) is 17. The molecule has 2 aliphatic heterocycles. The molecule has 0 aliphatic carbocycles. The normalized spacial score (nSPS) is 16.5. The zero-order valence-corrected chi connectivity index (χ0v) is 62.9. The zero-order chi connectivity index (χ0) is 73.9. The number of nitrogens with one attached hydrogen (secondary N) is 7. The van der Waals surface area contributed by atoms with Crippen molar-refractivity contribution in [1.29, 1.82) is 0 Å². The van der Waals surface area contributed by atoms with E-state index >= 15 is 0 Å². The summed E-state index contributed by atoms with van der Waals surface area (Å²) < 4.78 is 74.5. The minimum Gasteiger partial charge on any atom is -1.00 e. The Morgan fingerprint density at radius 2 is 0.895 bits per heavy atom. The summed E-state index contributed by atoms with van der Waals surface area (Å²) in [5.41, 5.74) is 5.45. The number of esters is 1. The zero-order valence-electron chi connectivity index (χ0n) is 62.3. The number of likely N-dealkylation sites (tertiary alicyclic amines) is 1. The van der Waals surface area contributed by atoms with E-state index in [0.29, 0.717) is 83.2 Å². The summed E-state index contributed by atoms with van der Waals surface area (Å²) in [4.78, 5) is 67.3. The van der Waals surface area contributed by atoms with Crippen molar-refractivity contribution in [2.24, 2.45) is 11.8 Å². The number of aliphatic hydroxyl groups excluding tert-OH is 1. The van der Waals surface area contributed by atoms with Crippen LogP contribution in [0.2, 0.25) is 0 Å². The van der Waals surface area contributed by atoms with Gasteiger partial charge in [0.05, 0.1) is 55.4 Å². The summed E-state index contributed by atoms with van der Waals surface area (Å²) in [6.07, 6.45) is -0.0919. The minimum atomic E-state index is -4.00. The maximum atomic E-state index is 14.5. The largest absolute Gasteiger partial charge is 1.00 e. The number of amides is 4. The molecule has 7 aromatic carbocycles. The molecule has 7 aromatic rings. The number of ether oxygens (including phenoxy) is 3. The SMILES string of the molecule is COC(=O)N[C@H](C(=O)NCCN[C@@H]1CN(Cc2ccccc2)C[C@H]1N(CCC(C)C)S(=O)(=O)c1ccc(C(=O)OC)cc1)C(c1ccccc1)c1ccccc1.COC(=O)N[C@H](C(=O)NCCN[C@@H]1CNC[C@H]1N(CCC(C)C)S(=O)(=O)c1ccc(CO)cc1)C(c1ccccc1)c1ccccc1.[B].[H-].[Li+]. The van der Waals surface area contributed by atoms with Crippen molar-refractivity contribution in [2.75, 3.05) is 86.8 Å². The van der Waals surface area contributed by atoms with Gasteiger partial charge in [-0.1, -0.05) is 191 Å². The third-order valence-electron chi connectivity index (χ3n) is 18.4. The van der Waals surface area contributed by atoms with Crippen molar-refractivity contribution in [2.45, 2.75) is 112 Å². The van der Waals surface area contributed by atoms with Crippen LogP contribution in [0.15, 0.2) is 210 Å². The molecule has 6 atom stereocenters. The van der Waals surface area contributed by atoms with Gasteiger partial charge in [0.2, 0.25) is 31.9 Å². The molecule has 105 heavy (non-hydrogen) atoms. The van der Waals surface area contributed by atoms with Crippen molar-refractivity contribution in [3.63, 3.8) is 0 Å². The van der Waals surface area contributed by atoms with Gasteiger partial charge in [-0.05, 0) is 94.5 Å². The molecule has 27 heteroatoms. The molecule has 4 amide bonds. The molecule has 2 saturated heterocycles. The van der Waals surface area contributed by atoms with Crippen molar-refractivity contribution in [3.8, 4) is 0 Å². The van der Waals surface area contributed by atoms with E-state index in [2.05, 4.69) is 81.9 Å². The molecule has 0 aromatic heterocycles. The van der Waals surface area contributed by atoms with Crippen molar-refractivity contribution in [1.82, 2.24) is 50.7 Å². The average Bonchev–Trinajstić information content (AvgIpc) is 1.50. The number of rotatable bonds is 34. The van der Waals surface area contributed by atoms with Crippen LogP contribution < -0.4 is 56.1 Å². The minimum absolute atomic E-state index is 0. The van der Waals surface area contributed by atoms with Crippen molar-refractivity contribution in [3.05, 3.63) is 239 Å². The molecule has 0 unspecified atom stereocenters. The van der Waals surface area contributed by atoms with E-state index in [9.17, 15) is 45.9 Å². The second kappa shape index (κ2) is 42.8. The number of benzene rings is 7. The molecule has 0 saturated carbocycles. The van der Waals surface area contributed by atoms with Gasteiger partial charge in [-0.25, -0.2) is 31.2 Å². The molecule has 2 fully saturated rings. The van der Waals surface area contributed by atoms with Gasteiger partial charge in [0.15, 0.2) is 0 Å². The van der Waals surface area contributed by atoms with Crippen LogP contribution in [-0.2, 0) is 57.0 Å². The topological polar surface area (TPSA) is 295 Å². The van der Waals surface area contributed by atoms with Gasteiger partial charge >= 0.3 is 37.0 Å². The summed E-state index contributed by atoms with van der Waals surface area (Å²) in [6.45, 7) is 12.7. The van der Waals surface area contributed by atoms with Crippen LogP contribution in [0.4, 0.5) is 9.59 Å². The van der Waals surface area contributed by atoms with Crippen molar-refractivity contribution < 1.29 is 80.4 Å². The van der Waals surface area contributed by atoms with E-state index < -0.39 is 68.2 Å². The molecular formula is C78H101BLiN10O13S2. The Labute approximate surface area is 635 Å². The summed E-state index contributed by atoms with van der Waals surface area (Å²) in [7, 11) is -4.02. The van der Waals surface area contributed by atoms with Crippen LogP contribution in [0.3, 0.4) is 0 Å². The Hall–Kier alpha value is -8.23. The molecule has 23 nitrogen and oxygen atoms in total. The smallest absolute Gasteiger partial charge is 1.00 e. The Balaban J connectivity index is 0.000000375. The molecule has 2 heterocycles. The van der Waals surface area contributed by atoms with Gasteiger partial charge in [-0.15, -0.1) is 0 Å². The fourth-order valence-electron chi connectivity index (χ4n) is 13.0. The maximum absolute atomic E-state index is 14.5. The fourth-order valence-corrected chi connectivity index (χ4v) is 16.3. The number of methoxy groups -OCH3 is 3. The second-order valence-corrected chi connectivity index (χ2v) is 30.2. The standard InChI is InChI=1S/C43H53N5O7S.C35H47N5O6S.B.Li.H/c1-31(2)24-27-48(56(52,53)36-22-20-35(21-23-36)42(50)54-3)38-30-47(28-32-14-8-5-9-15-32)29-37(38)44-25-26-45-41(49)40(46-43(51)55-4)39(33-16-10-6-11-17-33)34-18-12-7-13-19-34;1-25(2)18-21-40(47(44,45)29-16-14-26(24-41)15-17-29)31-23-36-22-30(31)37-19-20-38-34(42)33(39-35(43)46-3)32(27-10-6-4-7-11-27)28-12-8-5-9-13-28;;;/h5-23,31,37-40,44H,24-30H2,1-4H3,(H,45,49)(H,46,51);4-17,25,30-33,36-37,41H,18-24H2,1-3H3,(H,38,42)(H,39,43);;;/q;;;+1;-1/t37-,38-,40+;30-,31-,33+;;;/m11.../s1. The summed E-state index contributed by atoms with van der Waals surface area (Å²) in [5.74, 6) is -1.72. The van der Waals surface area contributed by atoms with Crippen molar-refractivity contribution >= 4 is 58.4 Å². The van der Waals surface area contributed by atoms with Crippen LogP contribution in [-0.4, -0.2) is 197 Å². The number of alkyl carbamates (subject to hydrolysis) is 2. The van der Waals surface area contributed by atoms with E-state index in [1.807, 2.05) is 140 Å². The summed E-state index contributed by atoms with van der Waals surface area (Å²) in [5, 5.41) is 31.2. The molecule has 0 bridgehead atoms. The van der Waals surface area contributed by atoms with Gasteiger partial charge in [0.25, 0.3) is 0 Å². The van der Waals surface area contributed by atoms with Gasteiger partial charge in [0.1, 0.15) is 12.1 Å².